The van der Waals surface area contributed by atoms with Gasteiger partial charge in [-0.1, -0.05) is 90.4 Å². The smallest absolute Gasteiger partial charge is 0.343 e. The highest BCUT2D eigenvalue weighted by Gasteiger charge is 2.14. The highest BCUT2D eigenvalue weighted by atomic mass is 16.5. The first-order valence-electron chi connectivity index (χ1n) is 13.9. The molecule has 0 bridgehead atoms. The van der Waals surface area contributed by atoms with Gasteiger partial charge in [-0.25, -0.2) is 9.59 Å². The van der Waals surface area contributed by atoms with Gasteiger partial charge in [0.05, 0.1) is 19.3 Å². The minimum atomic E-state index is -0.667. The van der Waals surface area contributed by atoms with Crippen LogP contribution >= 0.6 is 0 Å². The fraction of sp³-hybridized carbons (Fsp3) is 0.548. The quantitative estimate of drug-likeness (QED) is 0.116. The molecular weight excluding hydrogens is 468 g/mol. The van der Waals surface area contributed by atoms with E-state index >= 15 is 0 Å². The van der Waals surface area contributed by atoms with Crippen LogP contribution in [0.15, 0.2) is 42.5 Å². The van der Waals surface area contributed by atoms with E-state index < -0.39 is 11.9 Å². The Balaban J connectivity index is 1.54. The van der Waals surface area contributed by atoms with Gasteiger partial charge in [-0.15, -0.1) is 0 Å². The average Bonchev–Trinajstić information content (AvgIpc) is 2.91. The van der Waals surface area contributed by atoms with Gasteiger partial charge in [-0.05, 0) is 42.8 Å². The van der Waals surface area contributed by atoms with Crippen LogP contribution in [0.5, 0.6) is 17.2 Å². The van der Waals surface area contributed by atoms with Crippen LogP contribution in [0.25, 0.3) is 0 Å². The second kappa shape index (κ2) is 18.3. The van der Waals surface area contributed by atoms with Crippen molar-refractivity contribution in [3.63, 3.8) is 0 Å². The lowest BCUT2D eigenvalue weighted by molar-refractivity contribution is 0.0597. The molecule has 2 aromatic rings. The molecule has 0 atom stereocenters. The van der Waals surface area contributed by atoms with Gasteiger partial charge in [0.2, 0.25) is 0 Å². The monoisotopic (exact) mass is 512 g/mol. The average molecular weight is 513 g/mol. The van der Waals surface area contributed by atoms with E-state index in [1.807, 2.05) is 0 Å². The molecule has 0 unspecified atom stereocenters. The second-order valence-corrected chi connectivity index (χ2v) is 9.53. The van der Waals surface area contributed by atoms with Crippen molar-refractivity contribution in [1.29, 1.82) is 0 Å². The number of phenols is 1. The van der Waals surface area contributed by atoms with Crippen LogP contribution in [0, 0.1) is 0 Å². The van der Waals surface area contributed by atoms with Crippen molar-refractivity contribution >= 4 is 11.9 Å². The van der Waals surface area contributed by atoms with Gasteiger partial charge in [0.15, 0.2) is 0 Å². The maximum Gasteiger partial charge on any atom is 0.343 e. The minimum absolute atomic E-state index is 0.00241. The molecule has 0 aromatic heterocycles. The van der Waals surface area contributed by atoms with Gasteiger partial charge < -0.3 is 19.3 Å². The summed E-state index contributed by atoms with van der Waals surface area (Å²) in [7, 11) is 1.23. The number of benzene rings is 2. The van der Waals surface area contributed by atoms with Crippen LogP contribution in [0.4, 0.5) is 0 Å². The van der Waals surface area contributed by atoms with Crippen molar-refractivity contribution in [3.05, 3.63) is 53.6 Å². The van der Waals surface area contributed by atoms with Crippen LogP contribution < -0.4 is 9.47 Å². The topological polar surface area (TPSA) is 82.1 Å². The molecule has 0 saturated heterocycles. The lowest BCUT2D eigenvalue weighted by Crippen LogP contribution is -2.09. The number of hydrogen-bond donors (Lipinski definition) is 1. The van der Waals surface area contributed by atoms with E-state index in [4.69, 9.17) is 9.47 Å². The Morgan fingerprint density at radius 3 is 1.70 bits per heavy atom. The summed E-state index contributed by atoms with van der Waals surface area (Å²) in [4.78, 5) is 23.9. The summed E-state index contributed by atoms with van der Waals surface area (Å²) >= 11 is 0. The van der Waals surface area contributed by atoms with Crippen molar-refractivity contribution in [1.82, 2.24) is 0 Å². The third kappa shape index (κ3) is 12.2. The maximum atomic E-state index is 12.4. The van der Waals surface area contributed by atoms with E-state index in [0.717, 1.165) is 6.42 Å². The van der Waals surface area contributed by atoms with Crippen LogP contribution in [0.1, 0.15) is 118 Å². The molecule has 1 N–H and O–H groups in total. The molecule has 0 radical (unpaired) electrons. The van der Waals surface area contributed by atoms with Gasteiger partial charge in [0.1, 0.15) is 22.8 Å². The molecule has 37 heavy (non-hydrogen) atoms. The predicted octanol–water partition coefficient (Wildman–Crippen LogP) is 8.26. The molecule has 0 aliphatic carbocycles. The van der Waals surface area contributed by atoms with Gasteiger partial charge in [0, 0.05) is 6.07 Å². The largest absolute Gasteiger partial charge is 0.507 e. The van der Waals surface area contributed by atoms with Crippen LogP contribution in [0.2, 0.25) is 0 Å². The molecule has 0 amide bonds. The van der Waals surface area contributed by atoms with Gasteiger partial charge in [0.25, 0.3) is 0 Å². The summed E-state index contributed by atoms with van der Waals surface area (Å²) in [5, 5.41) is 9.93. The molecule has 0 heterocycles. The van der Waals surface area contributed by atoms with E-state index in [-0.39, 0.29) is 17.1 Å². The Morgan fingerprint density at radius 1 is 0.676 bits per heavy atom. The van der Waals surface area contributed by atoms with Crippen LogP contribution in [-0.2, 0) is 4.74 Å². The molecule has 2 rings (SSSR count). The SMILES string of the molecule is CCCCCCCCCCCCCCCCOc1ccc(C(=O)Oc2ccc(C(=O)OC)c(O)c2)cc1. The summed E-state index contributed by atoms with van der Waals surface area (Å²) in [6.07, 6.45) is 18.6. The van der Waals surface area contributed by atoms with Crippen molar-refractivity contribution in [2.75, 3.05) is 13.7 Å². The number of methoxy groups -OCH3 is 1. The summed E-state index contributed by atoms with van der Waals surface area (Å²) < 4.78 is 15.7. The molecule has 0 fully saturated rings. The molecule has 204 valence electrons. The molecule has 0 spiro atoms. The lowest BCUT2D eigenvalue weighted by atomic mass is 10.0. The Kier molecular flexibility index (Phi) is 14.9. The van der Waals surface area contributed by atoms with Gasteiger partial charge in [-0.2, -0.15) is 0 Å². The van der Waals surface area contributed by atoms with E-state index in [1.54, 1.807) is 24.3 Å². The molecule has 0 aliphatic heterocycles. The highest BCUT2D eigenvalue weighted by molar-refractivity contribution is 5.93. The Labute approximate surface area is 222 Å². The summed E-state index contributed by atoms with van der Waals surface area (Å²) in [5.74, 6) is -0.701. The molecular formula is C31H44O6. The van der Waals surface area contributed by atoms with Crippen LogP contribution in [-0.4, -0.2) is 30.8 Å². The van der Waals surface area contributed by atoms with Crippen molar-refractivity contribution in [3.8, 4) is 17.2 Å². The second-order valence-electron chi connectivity index (χ2n) is 9.53. The van der Waals surface area contributed by atoms with E-state index in [0.29, 0.717) is 17.9 Å². The Morgan fingerprint density at radius 2 is 1.19 bits per heavy atom. The first kappa shape index (κ1) is 30.2. The molecule has 6 nitrogen and oxygen atoms in total. The number of rotatable bonds is 19. The molecule has 2 aromatic carbocycles. The number of phenolic OH excluding ortho intramolecular Hbond substituents is 1. The third-order valence-electron chi connectivity index (χ3n) is 6.44. The zero-order chi connectivity index (χ0) is 26.7. The van der Waals surface area contributed by atoms with Crippen molar-refractivity contribution < 1.29 is 28.9 Å². The molecule has 6 heteroatoms. The molecule has 0 saturated carbocycles. The fourth-order valence-corrected chi connectivity index (χ4v) is 4.20. The number of unbranched alkanes of at least 4 members (excludes halogenated alkanes) is 13. The Bertz CT molecular complexity index is 922. The van der Waals surface area contributed by atoms with Crippen LogP contribution in [0.3, 0.4) is 0 Å². The number of aromatic hydroxyl groups is 1. The number of carbonyl (C=O) groups excluding carboxylic acids is 2. The van der Waals surface area contributed by atoms with Gasteiger partial charge >= 0.3 is 11.9 Å². The standard InChI is InChI=1S/C31H44O6/c1-3-4-5-6-7-8-9-10-11-12-13-14-15-16-23-36-26-19-17-25(18-20-26)30(33)37-27-21-22-28(29(32)24-27)31(34)35-2/h17-22,24,32H,3-16,23H2,1-2H3. The third-order valence-corrected chi connectivity index (χ3v) is 6.44. The minimum Gasteiger partial charge on any atom is -0.507 e. The number of carbonyl (C=O) groups is 2. The molecule has 0 aliphatic rings. The Hall–Kier alpha value is -3.02. The number of hydrogen-bond acceptors (Lipinski definition) is 6. The first-order chi connectivity index (χ1) is 18.0. The lowest BCUT2D eigenvalue weighted by Gasteiger charge is -2.09. The van der Waals surface area contributed by atoms with E-state index in [9.17, 15) is 14.7 Å². The summed E-state index contributed by atoms with van der Waals surface area (Å²) in [5.41, 5.74) is 0.364. The van der Waals surface area contributed by atoms with E-state index in [1.165, 1.54) is 109 Å². The summed E-state index contributed by atoms with van der Waals surface area (Å²) in [6.45, 7) is 2.93. The number of esters is 2. The zero-order valence-electron chi connectivity index (χ0n) is 22.6. The highest BCUT2D eigenvalue weighted by Crippen LogP contribution is 2.25. The maximum absolute atomic E-state index is 12.4. The summed E-state index contributed by atoms with van der Waals surface area (Å²) in [6, 6.07) is 10.8. The van der Waals surface area contributed by atoms with Crippen molar-refractivity contribution in [2.45, 2.75) is 96.8 Å². The fourth-order valence-electron chi connectivity index (χ4n) is 4.20. The predicted molar refractivity (Wildman–Crippen MR) is 147 cm³/mol. The van der Waals surface area contributed by atoms with Crippen molar-refractivity contribution in [2.24, 2.45) is 0 Å². The number of ether oxygens (including phenoxy) is 3. The van der Waals surface area contributed by atoms with Gasteiger partial charge in [-0.3, -0.25) is 0 Å². The zero-order valence-corrected chi connectivity index (χ0v) is 22.6. The van der Waals surface area contributed by atoms with E-state index in [2.05, 4.69) is 11.7 Å². The first-order valence-corrected chi connectivity index (χ1v) is 13.9. The normalized spacial score (nSPS) is 10.8.